The van der Waals surface area contributed by atoms with Crippen molar-refractivity contribution in [3.05, 3.63) is 40.5 Å². The van der Waals surface area contributed by atoms with Crippen LogP contribution in [0, 0.1) is 6.92 Å². The van der Waals surface area contributed by atoms with Gasteiger partial charge in [0.05, 0.1) is 17.1 Å². The fourth-order valence-corrected chi connectivity index (χ4v) is 2.43. The van der Waals surface area contributed by atoms with E-state index in [0.29, 0.717) is 5.02 Å². The van der Waals surface area contributed by atoms with Gasteiger partial charge in [-0.3, -0.25) is 4.79 Å². The molecule has 0 aliphatic rings. The van der Waals surface area contributed by atoms with Gasteiger partial charge in [0.25, 0.3) is 0 Å². The first-order chi connectivity index (χ1) is 8.56. The molecule has 1 aromatic carbocycles. The standard InChI is InChI=1S/C12H12ClN3OS/c1-7-11(13)12(18-16-7)15-9-4-2-8(3-5-9)6-10(14)17/h2-5,15H,6H2,1H3,(H2,14,17). The smallest absolute Gasteiger partial charge is 0.221 e. The zero-order chi connectivity index (χ0) is 13.1. The Labute approximate surface area is 114 Å². The highest BCUT2D eigenvalue weighted by Gasteiger charge is 2.08. The monoisotopic (exact) mass is 281 g/mol. The van der Waals surface area contributed by atoms with Gasteiger partial charge in [0, 0.05) is 5.69 Å². The molecule has 0 fully saturated rings. The fraction of sp³-hybridized carbons (Fsp3) is 0.167. The number of nitrogens with two attached hydrogens (primary N) is 1. The van der Waals surface area contributed by atoms with Gasteiger partial charge in [-0.25, -0.2) is 0 Å². The van der Waals surface area contributed by atoms with E-state index in [1.807, 2.05) is 31.2 Å². The molecule has 0 radical (unpaired) electrons. The van der Waals surface area contributed by atoms with Crippen LogP contribution >= 0.6 is 23.1 Å². The number of hydrogen-bond acceptors (Lipinski definition) is 4. The van der Waals surface area contributed by atoms with Crippen LogP contribution in [0.15, 0.2) is 24.3 Å². The summed E-state index contributed by atoms with van der Waals surface area (Å²) in [4.78, 5) is 10.8. The van der Waals surface area contributed by atoms with Crippen LogP contribution in [-0.4, -0.2) is 10.3 Å². The number of anilines is 2. The van der Waals surface area contributed by atoms with E-state index in [0.717, 1.165) is 21.9 Å². The normalized spacial score (nSPS) is 10.3. The van der Waals surface area contributed by atoms with Crippen LogP contribution in [0.2, 0.25) is 5.02 Å². The number of hydrogen-bond donors (Lipinski definition) is 2. The van der Waals surface area contributed by atoms with Crippen LogP contribution in [0.1, 0.15) is 11.3 Å². The quantitative estimate of drug-likeness (QED) is 0.905. The van der Waals surface area contributed by atoms with Gasteiger partial charge in [-0.1, -0.05) is 23.7 Å². The molecule has 0 unspecified atom stereocenters. The summed E-state index contributed by atoms with van der Waals surface area (Å²) in [5.74, 6) is -0.336. The van der Waals surface area contributed by atoms with Crippen LogP contribution in [-0.2, 0) is 11.2 Å². The summed E-state index contributed by atoms with van der Waals surface area (Å²) in [6.07, 6.45) is 0.251. The van der Waals surface area contributed by atoms with Crippen LogP contribution < -0.4 is 11.1 Å². The minimum Gasteiger partial charge on any atom is -0.369 e. The van der Waals surface area contributed by atoms with Crippen molar-refractivity contribution in [1.29, 1.82) is 0 Å². The van der Waals surface area contributed by atoms with Crippen molar-refractivity contribution in [2.45, 2.75) is 13.3 Å². The molecule has 0 bridgehead atoms. The summed E-state index contributed by atoms with van der Waals surface area (Å²) < 4.78 is 4.16. The Bertz CT molecular complexity index is 565. The number of benzene rings is 1. The number of primary amides is 1. The molecular weight excluding hydrogens is 270 g/mol. The van der Waals surface area contributed by atoms with E-state index in [-0.39, 0.29) is 12.3 Å². The van der Waals surface area contributed by atoms with E-state index >= 15 is 0 Å². The van der Waals surface area contributed by atoms with Gasteiger partial charge < -0.3 is 11.1 Å². The second-order valence-electron chi connectivity index (χ2n) is 3.88. The van der Waals surface area contributed by atoms with E-state index in [2.05, 4.69) is 9.69 Å². The minimum atomic E-state index is -0.336. The molecule has 0 spiro atoms. The maximum atomic E-state index is 10.8. The molecular formula is C12H12ClN3OS. The zero-order valence-corrected chi connectivity index (χ0v) is 11.3. The Balaban J connectivity index is 2.11. The molecule has 0 saturated heterocycles. The summed E-state index contributed by atoms with van der Waals surface area (Å²) in [7, 11) is 0. The minimum absolute atomic E-state index is 0.251. The predicted molar refractivity (Wildman–Crippen MR) is 74.5 cm³/mol. The van der Waals surface area contributed by atoms with E-state index in [1.54, 1.807) is 0 Å². The molecule has 94 valence electrons. The van der Waals surface area contributed by atoms with Crippen LogP contribution in [0.4, 0.5) is 10.7 Å². The third kappa shape index (κ3) is 3.00. The number of amides is 1. The largest absolute Gasteiger partial charge is 0.369 e. The van der Waals surface area contributed by atoms with Gasteiger partial charge in [-0.2, -0.15) is 4.37 Å². The topological polar surface area (TPSA) is 68.0 Å². The summed E-state index contributed by atoms with van der Waals surface area (Å²) >= 11 is 7.40. The molecule has 1 aromatic heterocycles. The van der Waals surface area contributed by atoms with Gasteiger partial charge >= 0.3 is 0 Å². The van der Waals surface area contributed by atoms with Gasteiger partial charge in [0.2, 0.25) is 5.91 Å². The Hall–Kier alpha value is -1.59. The zero-order valence-electron chi connectivity index (χ0n) is 9.74. The Kier molecular flexibility index (Phi) is 3.84. The third-order valence-electron chi connectivity index (χ3n) is 2.38. The fourth-order valence-electron chi connectivity index (χ4n) is 1.47. The van der Waals surface area contributed by atoms with Crippen LogP contribution in [0.5, 0.6) is 0 Å². The molecule has 18 heavy (non-hydrogen) atoms. The van der Waals surface area contributed by atoms with Crippen molar-refractivity contribution in [2.75, 3.05) is 5.32 Å². The average molecular weight is 282 g/mol. The lowest BCUT2D eigenvalue weighted by Gasteiger charge is -2.05. The van der Waals surface area contributed by atoms with Crippen molar-refractivity contribution in [3.8, 4) is 0 Å². The SMILES string of the molecule is Cc1nsc(Nc2ccc(CC(N)=O)cc2)c1Cl. The maximum absolute atomic E-state index is 10.8. The van der Waals surface area contributed by atoms with Gasteiger partial charge in [0.1, 0.15) is 5.00 Å². The highest BCUT2D eigenvalue weighted by atomic mass is 35.5. The predicted octanol–water partition coefficient (Wildman–Crippen LogP) is 2.88. The number of nitrogens with zero attached hydrogens (tertiary/aromatic N) is 1. The van der Waals surface area contributed by atoms with Gasteiger partial charge in [0.15, 0.2) is 0 Å². The highest BCUT2D eigenvalue weighted by molar-refractivity contribution is 7.11. The summed E-state index contributed by atoms with van der Waals surface area (Å²) in [6.45, 7) is 1.86. The second kappa shape index (κ2) is 5.37. The van der Waals surface area contributed by atoms with Crippen molar-refractivity contribution in [2.24, 2.45) is 5.73 Å². The number of halogens is 1. The van der Waals surface area contributed by atoms with Crippen molar-refractivity contribution < 1.29 is 4.79 Å². The maximum Gasteiger partial charge on any atom is 0.221 e. The molecule has 2 rings (SSSR count). The highest BCUT2D eigenvalue weighted by Crippen LogP contribution is 2.32. The number of rotatable bonds is 4. The summed E-state index contributed by atoms with van der Waals surface area (Å²) in [5, 5.41) is 4.64. The average Bonchev–Trinajstić information content (AvgIpc) is 2.63. The van der Waals surface area contributed by atoms with Crippen molar-refractivity contribution >= 4 is 39.7 Å². The first kappa shape index (κ1) is 12.9. The van der Waals surface area contributed by atoms with Crippen molar-refractivity contribution in [1.82, 2.24) is 4.37 Å². The first-order valence-electron chi connectivity index (χ1n) is 5.32. The molecule has 1 amide bonds. The Morgan fingerprint density at radius 3 is 2.61 bits per heavy atom. The van der Waals surface area contributed by atoms with E-state index in [4.69, 9.17) is 17.3 Å². The molecule has 4 nitrogen and oxygen atoms in total. The molecule has 2 aromatic rings. The van der Waals surface area contributed by atoms with Crippen LogP contribution in [0.25, 0.3) is 0 Å². The van der Waals surface area contributed by atoms with Gasteiger partial charge in [-0.15, -0.1) is 0 Å². The first-order valence-corrected chi connectivity index (χ1v) is 6.47. The summed E-state index contributed by atoms with van der Waals surface area (Å²) in [5.41, 5.74) is 7.73. The van der Waals surface area contributed by atoms with Gasteiger partial charge in [-0.05, 0) is 36.2 Å². The van der Waals surface area contributed by atoms with E-state index in [1.165, 1.54) is 11.5 Å². The molecule has 0 atom stereocenters. The molecule has 1 heterocycles. The lowest BCUT2D eigenvalue weighted by molar-refractivity contribution is -0.117. The van der Waals surface area contributed by atoms with Crippen molar-refractivity contribution in [3.63, 3.8) is 0 Å². The molecule has 3 N–H and O–H groups in total. The number of nitrogens with one attached hydrogen (secondary N) is 1. The second-order valence-corrected chi connectivity index (χ2v) is 5.03. The Morgan fingerprint density at radius 1 is 1.44 bits per heavy atom. The lowest BCUT2D eigenvalue weighted by Crippen LogP contribution is -2.13. The summed E-state index contributed by atoms with van der Waals surface area (Å²) in [6, 6.07) is 7.47. The number of aryl methyl sites for hydroxylation is 1. The van der Waals surface area contributed by atoms with E-state index < -0.39 is 0 Å². The lowest BCUT2D eigenvalue weighted by atomic mass is 10.1. The van der Waals surface area contributed by atoms with E-state index in [9.17, 15) is 4.79 Å². The molecule has 0 saturated carbocycles. The number of carbonyl (C=O) groups is 1. The number of carbonyl (C=O) groups excluding carboxylic acids is 1. The van der Waals surface area contributed by atoms with Crippen LogP contribution in [0.3, 0.4) is 0 Å². The molecule has 0 aliphatic carbocycles. The third-order valence-corrected chi connectivity index (χ3v) is 3.81. The molecule has 0 aliphatic heterocycles. The number of aromatic nitrogens is 1. The molecule has 6 heteroatoms. The Morgan fingerprint density at radius 2 is 2.11 bits per heavy atom.